The van der Waals surface area contributed by atoms with E-state index in [0.717, 1.165) is 11.3 Å². The first-order chi connectivity index (χ1) is 9.78. The van der Waals surface area contributed by atoms with E-state index in [2.05, 4.69) is 37.3 Å². The average molecular weight is 282 g/mol. The molecule has 0 spiro atoms. The van der Waals surface area contributed by atoms with Crippen LogP contribution in [0.3, 0.4) is 0 Å². The number of hydrogen-bond acceptors (Lipinski definition) is 2. The third-order valence-electron chi connectivity index (χ3n) is 2.77. The van der Waals surface area contributed by atoms with E-state index in [1.54, 1.807) is 12.1 Å². The molecule has 0 aliphatic rings. The Morgan fingerprint density at radius 2 is 1.35 bits per heavy atom. The molecule has 1 nitrogen and oxygen atoms in total. The zero-order valence-electron chi connectivity index (χ0n) is 11.5. The molecule has 0 aromatic heterocycles. The molecule has 0 bridgehead atoms. The highest BCUT2D eigenvalue weighted by Crippen LogP contribution is 2.18. The highest BCUT2D eigenvalue weighted by molar-refractivity contribution is 7.99. The molecule has 0 amide bonds. The predicted molar refractivity (Wildman–Crippen MR) is 89.0 cm³/mol. The first-order valence-corrected chi connectivity index (χ1v) is 7.63. The van der Waals surface area contributed by atoms with Crippen molar-refractivity contribution in [2.24, 2.45) is 0 Å². The molecule has 2 heteroatoms. The van der Waals surface area contributed by atoms with E-state index in [-0.39, 0.29) is 0 Å². The van der Waals surface area contributed by atoms with Gasteiger partial charge in [-0.1, -0.05) is 55.5 Å². The van der Waals surface area contributed by atoms with E-state index in [0.29, 0.717) is 5.75 Å². The number of rotatable bonds is 5. The maximum Gasteiger partial charge on any atom is 0.115 e. The van der Waals surface area contributed by atoms with Crippen LogP contribution in [0.4, 0.5) is 0 Å². The molecule has 0 aliphatic heterocycles. The monoisotopic (exact) mass is 282 g/mol. The largest absolute Gasteiger partial charge is 0.508 e. The number of phenols is 1. The lowest BCUT2D eigenvalue weighted by atomic mass is 10.2. The van der Waals surface area contributed by atoms with Gasteiger partial charge >= 0.3 is 0 Å². The van der Waals surface area contributed by atoms with Crippen LogP contribution in [0.15, 0.2) is 65.6 Å². The molecule has 2 aromatic rings. The van der Waals surface area contributed by atoms with Crippen molar-refractivity contribution < 1.29 is 5.11 Å². The summed E-state index contributed by atoms with van der Waals surface area (Å²) in [5, 5.41) is 9.20. The molecule has 0 aliphatic carbocycles. The topological polar surface area (TPSA) is 20.2 Å². The standard InChI is InChI=1S/C18H18OS/c1-2-20-18-13-9-16(10-14-18)6-4-3-5-15-7-11-17(19)12-8-15/h3-14,19H,2H2,1H3/b5-3+,6-4+. The van der Waals surface area contributed by atoms with Crippen molar-refractivity contribution in [2.45, 2.75) is 11.8 Å². The van der Waals surface area contributed by atoms with Gasteiger partial charge in [0, 0.05) is 4.90 Å². The third-order valence-corrected chi connectivity index (χ3v) is 3.67. The summed E-state index contributed by atoms with van der Waals surface area (Å²) in [7, 11) is 0. The minimum absolute atomic E-state index is 0.294. The van der Waals surface area contributed by atoms with Crippen LogP contribution in [0.5, 0.6) is 5.75 Å². The van der Waals surface area contributed by atoms with Gasteiger partial charge in [0.2, 0.25) is 0 Å². The molecule has 2 rings (SSSR count). The van der Waals surface area contributed by atoms with Crippen molar-refractivity contribution >= 4 is 23.9 Å². The van der Waals surface area contributed by atoms with E-state index < -0.39 is 0 Å². The van der Waals surface area contributed by atoms with E-state index in [9.17, 15) is 5.11 Å². The van der Waals surface area contributed by atoms with E-state index in [4.69, 9.17) is 0 Å². The fourth-order valence-corrected chi connectivity index (χ4v) is 2.42. The summed E-state index contributed by atoms with van der Waals surface area (Å²) < 4.78 is 0. The van der Waals surface area contributed by atoms with E-state index >= 15 is 0 Å². The van der Waals surface area contributed by atoms with Gasteiger partial charge in [-0.05, 0) is 41.1 Å². The van der Waals surface area contributed by atoms with Crippen molar-refractivity contribution in [2.75, 3.05) is 5.75 Å². The molecule has 0 heterocycles. The van der Waals surface area contributed by atoms with Crippen molar-refractivity contribution in [3.05, 3.63) is 71.8 Å². The lowest BCUT2D eigenvalue weighted by Gasteiger charge is -1.98. The number of thioether (sulfide) groups is 1. The highest BCUT2D eigenvalue weighted by Gasteiger charge is 1.91. The van der Waals surface area contributed by atoms with Crippen molar-refractivity contribution in [3.63, 3.8) is 0 Å². The molecule has 0 fully saturated rings. The lowest BCUT2D eigenvalue weighted by molar-refractivity contribution is 0.475. The number of phenolic OH excluding ortho intramolecular Hbond substituents is 1. The molecule has 0 saturated carbocycles. The molecule has 2 aromatic carbocycles. The molecule has 0 atom stereocenters. The zero-order chi connectivity index (χ0) is 14.2. The Kier molecular flexibility index (Phi) is 5.51. The van der Waals surface area contributed by atoms with Gasteiger partial charge in [-0.15, -0.1) is 11.8 Å². The predicted octanol–water partition coefficient (Wildman–Crippen LogP) is 5.23. The van der Waals surface area contributed by atoms with Gasteiger partial charge in [0.15, 0.2) is 0 Å². The van der Waals surface area contributed by atoms with Crippen LogP contribution < -0.4 is 0 Å². The maximum absolute atomic E-state index is 9.20. The first kappa shape index (κ1) is 14.5. The highest BCUT2D eigenvalue weighted by atomic mass is 32.2. The number of allylic oxidation sites excluding steroid dienone is 2. The molecular weight excluding hydrogens is 264 g/mol. The number of benzene rings is 2. The first-order valence-electron chi connectivity index (χ1n) is 6.64. The van der Waals surface area contributed by atoms with Crippen LogP contribution in [0.1, 0.15) is 18.1 Å². The second kappa shape index (κ2) is 7.61. The summed E-state index contributed by atoms with van der Waals surface area (Å²) in [5.41, 5.74) is 2.27. The Bertz CT molecular complexity index is 580. The molecule has 0 radical (unpaired) electrons. The second-order valence-corrected chi connectivity index (χ2v) is 5.65. The summed E-state index contributed by atoms with van der Waals surface area (Å²) in [6, 6.07) is 15.7. The SMILES string of the molecule is CCSc1ccc(/C=C/C=C/c2ccc(O)cc2)cc1. The van der Waals surface area contributed by atoms with Gasteiger partial charge in [0.05, 0.1) is 0 Å². The fourth-order valence-electron chi connectivity index (χ4n) is 1.76. The molecular formula is C18H18OS. The maximum atomic E-state index is 9.20. The van der Waals surface area contributed by atoms with Gasteiger partial charge in [-0.25, -0.2) is 0 Å². The Hall–Kier alpha value is -1.93. The number of aromatic hydroxyl groups is 1. The molecule has 1 N–H and O–H groups in total. The Labute approximate surface area is 124 Å². The smallest absolute Gasteiger partial charge is 0.115 e. The second-order valence-electron chi connectivity index (χ2n) is 4.31. The van der Waals surface area contributed by atoms with E-state index in [1.165, 1.54) is 10.5 Å². The van der Waals surface area contributed by atoms with Crippen molar-refractivity contribution in [3.8, 4) is 5.75 Å². The summed E-state index contributed by atoms with van der Waals surface area (Å²) >= 11 is 1.85. The zero-order valence-corrected chi connectivity index (χ0v) is 12.3. The average Bonchev–Trinajstić information content (AvgIpc) is 2.47. The number of hydrogen-bond donors (Lipinski definition) is 1. The van der Waals surface area contributed by atoms with Crippen molar-refractivity contribution in [1.29, 1.82) is 0 Å². The molecule has 0 unspecified atom stereocenters. The molecule has 20 heavy (non-hydrogen) atoms. The minimum Gasteiger partial charge on any atom is -0.508 e. The summed E-state index contributed by atoms with van der Waals surface area (Å²) in [5.74, 6) is 1.40. The van der Waals surface area contributed by atoms with Gasteiger partial charge in [0.1, 0.15) is 5.75 Å². The van der Waals surface area contributed by atoms with Crippen LogP contribution in [-0.2, 0) is 0 Å². The lowest BCUT2D eigenvalue weighted by Crippen LogP contribution is -1.74. The van der Waals surface area contributed by atoms with Crippen LogP contribution >= 0.6 is 11.8 Å². The van der Waals surface area contributed by atoms with Gasteiger partial charge < -0.3 is 5.11 Å². The van der Waals surface area contributed by atoms with E-state index in [1.807, 2.05) is 42.1 Å². The van der Waals surface area contributed by atoms with Crippen LogP contribution in [0, 0.1) is 0 Å². The minimum atomic E-state index is 0.294. The Morgan fingerprint density at radius 3 is 1.85 bits per heavy atom. The summed E-state index contributed by atoms with van der Waals surface area (Å²) in [6.45, 7) is 2.16. The fraction of sp³-hybridized carbons (Fsp3) is 0.111. The summed E-state index contributed by atoms with van der Waals surface area (Å²) in [6.07, 6.45) is 8.12. The molecule has 0 saturated heterocycles. The van der Waals surface area contributed by atoms with Crippen LogP contribution in [0.2, 0.25) is 0 Å². The molecule has 102 valence electrons. The van der Waals surface area contributed by atoms with Gasteiger partial charge in [0.25, 0.3) is 0 Å². The van der Waals surface area contributed by atoms with Crippen LogP contribution in [-0.4, -0.2) is 10.9 Å². The van der Waals surface area contributed by atoms with Gasteiger partial charge in [-0.2, -0.15) is 0 Å². The van der Waals surface area contributed by atoms with Gasteiger partial charge in [-0.3, -0.25) is 0 Å². The van der Waals surface area contributed by atoms with Crippen LogP contribution in [0.25, 0.3) is 12.2 Å². The normalized spacial score (nSPS) is 11.4. The summed E-state index contributed by atoms with van der Waals surface area (Å²) in [4.78, 5) is 1.31. The van der Waals surface area contributed by atoms with Crippen molar-refractivity contribution in [1.82, 2.24) is 0 Å². The Balaban J connectivity index is 1.94. The Morgan fingerprint density at radius 1 is 0.850 bits per heavy atom. The quantitative estimate of drug-likeness (QED) is 0.598. The third kappa shape index (κ3) is 4.63.